The van der Waals surface area contributed by atoms with Crippen LogP contribution < -0.4 is 10.7 Å². The molecular weight excluding hydrogens is 266 g/mol. The third-order valence-electron chi connectivity index (χ3n) is 3.63. The topological polar surface area (TPSA) is 36.4 Å². The molecule has 0 spiro atoms. The average molecular weight is 289 g/mol. The molecular formula is C16H23N3S. The molecule has 1 aliphatic rings. The van der Waals surface area contributed by atoms with E-state index < -0.39 is 0 Å². The molecule has 1 aromatic carbocycles. The molecule has 4 heteroatoms. The van der Waals surface area contributed by atoms with Crippen molar-refractivity contribution in [1.29, 1.82) is 0 Å². The first-order chi connectivity index (χ1) is 9.65. The highest BCUT2D eigenvalue weighted by Crippen LogP contribution is 2.16. The predicted molar refractivity (Wildman–Crippen MR) is 90.4 cm³/mol. The second kappa shape index (κ2) is 7.39. The fraction of sp³-hybridized carbons (Fsp3) is 0.500. The quantitative estimate of drug-likeness (QED) is 0.484. The molecule has 0 bridgehead atoms. The highest BCUT2D eigenvalue weighted by molar-refractivity contribution is 7.80. The van der Waals surface area contributed by atoms with Crippen molar-refractivity contribution in [3.63, 3.8) is 0 Å². The Labute approximate surface area is 126 Å². The minimum atomic E-state index is 0.564. The van der Waals surface area contributed by atoms with E-state index in [1.54, 1.807) is 0 Å². The summed E-state index contributed by atoms with van der Waals surface area (Å²) in [6.07, 6.45) is 7.34. The first-order valence-electron chi connectivity index (χ1n) is 7.35. The zero-order valence-corrected chi connectivity index (χ0v) is 13.1. The normalized spacial score (nSPS) is 15.4. The van der Waals surface area contributed by atoms with Crippen molar-refractivity contribution in [2.24, 2.45) is 5.10 Å². The van der Waals surface area contributed by atoms with Gasteiger partial charge in [0.2, 0.25) is 0 Å². The molecule has 20 heavy (non-hydrogen) atoms. The van der Waals surface area contributed by atoms with Gasteiger partial charge in [0.15, 0.2) is 5.11 Å². The van der Waals surface area contributed by atoms with Gasteiger partial charge in [0.1, 0.15) is 0 Å². The van der Waals surface area contributed by atoms with Crippen molar-refractivity contribution in [2.45, 2.75) is 52.4 Å². The number of hydrogen-bond acceptors (Lipinski definition) is 2. The van der Waals surface area contributed by atoms with Gasteiger partial charge < -0.3 is 5.32 Å². The summed E-state index contributed by atoms with van der Waals surface area (Å²) in [5.74, 6) is 0. The predicted octanol–water partition coefficient (Wildman–Crippen LogP) is 4.30. The van der Waals surface area contributed by atoms with Gasteiger partial charge in [-0.25, -0.2) is 0 Å². The lowest BCUT2D eigenvalue weighted by molar-refractivity contribution is 0.702. The molecule has 3 nitrogen and oxygen atoms in total. The van der Waals surface area contributed by atoms with E-state index in [4.69, 9.17) is 12.2 Å². The molecule has 1 aliphatic carbocycles. The minimum absolute atomic E-state index is 0.564. The van der Waals surface area contributed by atoms with Crippen LogP contribution in [0.15, 0.2) is 23.3 Å². The fourth-order valence-corrected chi connectivity index (χ4v) is 2.64. The van der Waals surface area contributed by atoms with E-state index >= 15 is 0 Å². The van der Waals surface area contributed by atoms with Gasteiger partial charge in [-0.05, 0) is 63.4 Å². The van der Waals surface area contributed by atoms with Crippen LogP contribution in [0, 0.1) is 13.8 Å². The lowest BCUT2D eigenvalue weighted by Gasteiger charge is -2.11. The van der Waals surface area contributed by atoms with E-state index in [-0.39, 0.29) is 0 Å². The van der Waals surface area contributed by atoms with Crippen LogP contribution in [-0.4, -0.2) is 10.8 Å². The Kier molecular flexibility index (Phi) is 5.53. The third kappa shape index (κ3) is 4.60. The number of nitrogens with zero attached hydrogens (tertiary/aromatic N) is 1. The zero-order valence-electron chi connectivity index (χ0n) is 12.3. The Hall–Kier alpha value is -1.42. The number of rotatable bonds is 2. The Balaban J connectivity index is 1.90. The second-order valence-electron chi connectivity index (χ2n) is 5.48. The molecule has 0 amide bonds. The summed E-state index contributed by atoms with van der Waals surface area (Å²) in [5, 5.41) is 8.22. The van der Waals surface area contributed by atoms with E-state index in [9.17, 15) is 0 Å². The van der Waals surface area contributed by atoms with Crippen LogP contribution in [0.1, 0.15) is 49.7 Å². The molecule has 1 aromatic rings. The molecule has 0 heterocycles. The van der Waals surface area contributed by atoms with Crippen LogP contribution in [0.2, 0.25) is 0 Å². The lowest BCUT2D eigenvalue weighted by atomic mass is 10.1. The first kappa shape index (κ1) is 15.0. The van der Waals surface area contributed by atoms with Crippen LogP contribution in [0.25, 0.3) is 0 Å². The van der Waals surface area contributed by atoms with E-state index in [0.717, 1.165) is 18.5 Å². The van der Waals surface area contributed by atoms with Gasteiger partial charge >= 0.3 is 0 Å². The Morgan fingerprint density at radius 3 is 2.45 bits per heavy atom. The summed E-state index contributed by atoms with van der Waals surface area (Å²) in [7, 11) is 0. The molecule has 0 saturated heterocycles. The van der Waals surface area contributed by atoms with Crippen molar-refractivity contribution < 1.29 is 0 Å². The Morgan fingerprint density at radius 2 is 1.80 bits per heavy atom. The number of nitrogens with one attached hydrogen (secondary N) is 2. The Morgan fingerprint density at radius 1 is 1.10 bits per heavy atom. The average Bonchev–Trinajstić information content (AvgIpc) is 2.68. The molecule has 0 atom stereocenters. The van der Waals surface area contributed by atoms with Crippen molar-refractivity contribution in [3.05, 3.63) is 29.3 Å². The van der Waals surface area contributed by atoms with Crippen LogP contribution >= 0.6 is 12.2 Å². The van der Waals surface area contributed by atoms with Gasteiger partial charge in [-0.3, -0.25) is 5.43 Å². The molecule has 0 radical (unpaired) electrons. The van der Waals surface area contributed by atoms with E-state index in [1.165, 1.54) is 42.5 Å². The number of hydrogen-bond donors (Lipinski definition) is 2. The highest BCUT2D eigenvalue weighted by atomic mass is 32.1. The molecule has 2 rings (SSSR count). The monoisotopic (exact) mass is 289 g/mol. The summed E-state index contributed by atoms with van der Waals surface area (Å²) in [6.45, 7) is 4.17. The van der Waals surface area contributed by atoms with Gasteiger partial charge in [0.05, 0.1) is 0 Å². The van der Waals surface area contributed by atoms with Crippen LogP contribution in [-0.2, 0) is 0 Å². The minimum Gasteiger partial charge on any atom is -0.331 e. The maximum absolute atomic E-state index is 5.30. The van der Waals surface area contributed by atoms with Gasteiger partial charge in [-0.2, -0.15) is 5.10 Å². The number of anilines is 1. The molecule has 1 saturated carbocycles. The van der Waals surface area contributed by atoms with Gasteiger partial charge in [-0.1, -0.05) is 30.5 Å². The SMILES string of the molecule is Cc1ccc(NC(=S)NN=C2CCCCCC2)c(C)c1. The zero-order chi connectivity index (χ0) is 14.4. The summed E-state index contributed by atoms with van der Waals surface area (Å²) >= 11 is 5.30. The smallest absolute Gasteiger partial charge is 0.191 e. The molecule has 2 N–H and O–H groups in total. The lowest BCUT2D eigenvalue weighted by Crippen LogP contribution is -2.25. The van der Waals surface area contributed by atoms with E-state index in [0.29, 0.717) is 5.11 Å². The van der Waals surface area contributed by atoms with E-state index in [1.807, 2.05) is 0 Å². The maximum Gasteiger partial charge on any atom is 0.191 e. The molecule has 108 valence electrons. The third-order valence-corrected chi connectivity index (χ3v) is 3.82. The van der Waals surface area contributed by atoms with Crippen molar-refractivity contribution >= 4 is 28.7 Å². The standard InChI is InChI=1S/C16H23N3S/c1-12-9-10-15(13(2)11-12)17-16(20)19-18-14-7-5-3-4-6-8-14/h9-11H,3-8H2,1-2H3,(H2,17,19,20). The summed E-state index contributed by atoms with van der Waals surface area (Å²) in [5.41, 5.74) is 7.70. The van der Waals surface area contributed by atoms with Gasteiger partial charge in [0.25, 0.3) is 0 Å². The number of aryl methyl sites for hydroxylation is 2. The highest BCUT2D eigenvalue weighted by Gasteiger charge is 2.06. The molecule has 1 fully saturated rings. The molecule has 0 aromatic heterocycles. The summed E-state index contributed by atoms with van der Waals surface area (Å²) < 4.78 is 0. The van der Waals surface area contributed by atoms with Gasteiger partial charge in [0, 0.05) is 11.4 Å². The molecule has 0 aliphatic heterocycles. The molecule has 0 unspecified atom stereocenters. The first-order valence-corrected chi connectivity index (χ1v) is 7.75. The fourth-order valence-electron chi connectivity index (χ4n) is 2.48. The van der Waals surface area contributed by atoms with Crippen molar-refractivity contribution in [1.82, 2.24) is 5.43 Å². The summed E-state index contributed by atoms with van der Waals surface area (Å²) in [4.78, 5) is 0. The second-order valence-corrected chi connectivity index (χ2v) is 5.88. The largest absolute Gasteiger partial charge is 0.331 e. The summed E-state index contributed by atoms with van der Waals surface area (Å²) in [6, 6.07) is 6.27. The van der Waals surface area contributed by atoms with E-state index in [2.05, 4.69) is 47.9 Å². The van der Waals surface area contributed by atoms with Crippen LogP contribution in [0.5, 0.6) is 0 Å². The maximum atomic E-state index is 5.30. The number of thiocarbonyl (C=S) groups is 1. The number of hydrazone groups is 1. The Bertz CT molecular complexity index is 498. The van der Waals surface area contributed by atoms with Crippen LogP contribution in [0.3, 0.4) is 0 Å². The van der Waals surface area contributed by atoms with Crippen molar-refractivity contribution in [3.8, 4) is 0 Å². The van der Waals surface area contributed by atoms with Crippen LogP contribution in [0.4, 0.5) is 5.69 Å². The van der Waals surface area contributed by atoms with Gasteiger partial charge in [-0.15, -0.1) is 0 Å². The number of benzene rings is 1. The van der Waals surface area contributed by atoms with Crippen molar-refractivity contribution in [2.75, 3.05) is 5.32 Å².